The number of aromatic nitrogens is 1. The van der Waals surface area contributed by atoms with Gasteiger partial charge < -0.3 is 9.84 Å². The van der Waals surface area contributed by atoms with Crippen molar-refractivity contribution >= 4 is 27.1 Å². The summed E-state index contributed by atoms with van der Waals surface area (Å²) in [6, 6.07) is 9.81. The molecule has 1 aliphatic rings. The molecule has 2 aromatic rings. The van der Waals surface area contributed by atoms with Crippen molar-refractivity contribution in [1.29, 1.82) is 5.26 Å². The third-order valence-corrected chi connectivity index (χ3v) is 4.44. The molecule has 1 saturated heterocycles. The topological polar surface area (TPSA) is 69.4 Å². The first-order chi connectivity index (χ1) is 10.3. The van der Waals surface area contributed by atoms with Gasteiger partial charge in [0.1, 0.15) is 22.4 Å². The van der Waals surface area contributed by atoms with Gasteiger partial charge in [-0.1, -0.05) is 12.1 Å². The van der Waals surface area contributed by atoms with Crippen molar-refractivity contribution < 1.29 is 9.84 Å². The number of nitrogens with zero attached hydrogens (tertiary/aromatic N) is 3. The van der Waals surface area contributed by atoms with Crippen molar-refractivity contribution in [3.05, 3.63) is 35.0 Å². The lowest BCUT2D eigenvalue weighted by atomic mass is 10.2. The maximum Gasteiger partial charge on any atom is 0.138 e. The summed E-state index contributed by atoms with van der Waals surface area (Å²) < 4.78 is 6.29. The van der Waals surface area contributed by atoms with E-state index in [1.807, 2.05) is 24.3 Å². The zero-order valence-corrected chi connectivity index (χ0v) is 12.3. The highest BCUT2D eigenvalue weighted by Crippen LogP contribution is 2.28. The Morgan fingerprint density at radius 1 is 1.38 bits per heavy atom. The van der Waals surface area contributed by atoms with Crippen LogP contribution in [0.3, 0.4) is 0 Å². The number of aliphatic hydroxyl groups is 1. The number of fused-ring (bicyclic) bond motifs is 1. The number of ether oxygens (including phenoxy) is 1. The summed E-state index contributed by atoms with van der Waals surface area (Å²) in [6.45, 7) is 3.22. The molecule has 0 atom stereocenters. The number of aliphatic hydroxyl groups excluding tert-OH is 1. The molecule has 21 heavy (non-hydrogen) atoms. The monoisotopic (exact) mass is 301 g/mol. The lowest BCUT2D eigenvalue weighted by Crippen LogP contribution is -2.37. The Bertz CT molecular complexity index is 678. The van der Waals surface area contributed by atoms with E-state index in [4.69, 9.17) is 4.74 Å². The molecule has 0 amide bonds. The first kappa shape index (κ1) is 14.0. The molecule has 0 spiro atoms. The maximum absolute atomic E-state index is 10.3. The van der Waals surface area contributed by atoms with Crippen LogP contribution in [0, 0.1) is 11.3 Å². The lowest BCUT2D eigenvalue weighted by Gasteiger charge is -2.26. The third-order valence-electron chi connectivity index (χ3n) is 3.39. The fraction of sp³-hybridized carbons (Fsp3) is 0.333. The third kappa shape index (κ3) is 3.05. The van der Waals surface area contributed by atoms with Gasteiger partial charge in [0, 0.05) is 13.1 Å². The van der Waals surface area contributed by atoms with Crippen LogP contribution in [0.1, 0.15) is 5.01 Å². The SMILES string of the molecule is N#C/C(=C(\O)CN1CCOCC1)c1nc2ccccc2s1. The first-order valence-corrected chi connectivity index (χ1v) is 7.58. The van der Waals surface area contributed by atoms with E-state index in [-0.39, 0.29) is 11.3 Å². The molecule has 0 unspecified atom stereocenters. The van der Waals surface area contributed by atoms with Gasteiger partial charge in [-0.15, -0.1) is 11.3 Å². The molecule has 2 heterocycles. The normalized spacial score (nSPS) is 17.5. The van der Waals surface area contributed by atoms with Gasteiger partial charge in [0.25, 0.3) is 0 Å². The standard InChI is InChI=1S/C15H15N3O2S/c16-9-11(13(19)10-18-5-7-20-8-6-18)15-17-12-3-1-2-4-14(12)21-15/h1-4,19H,5-8,10H2/b13-11+. The number of nitriles is 1. The zero-order chi connectivity index (χ0) is 14.7. The van der Waals surface area contributed by atoms with Crippen molar-refractivity contribution in [2.24, 2.45) is 0 Å². The maximum atomic E-state index is 10.3. The highest BCUT2D eigenvalue weighted by atomic mass is 32.1. The largest absolute Gasteiger partial charge is 0.509 e. The summed E-state index contributed by atoms with van der Waals surface area (Å²) in [7, 11) is 0. The Hall–Kier alpha value is -1.94. The second-order valence-corrected chi connectivity index (χ2v) is 5.84. The molecule has 1 aromatic heterocycles. The second-order valence-electron chi connectivity index (χ2n) is 4.81. The average Bonchev–Trinajstić information content (AvgIpc) is 2.92. The molecule has 1 aromatic carbocycles. The number of hydrogen-bond donors (Lipinski definition) is 1. The van der Waals surface area contributed by atoms with Crippen LogP contribution >= 0.6 is 11.3 Å². The molecule has 3 rings (SSSR count). The molecule has 6 heteroatoms. The number of benzene rings is 1. The van der Waals surface area contributed by atoms with Crippen molar-refractivity contribution in [3.63, 3.8) is 0 Å². The Morgan fingerprint density at radius 2 is 2.14 bits per heavy atom. The molecule has 1 fully saturated rings. The van der Waals surface area contributed by atoms with Crippen LogP contribution in [0.4, 0.5) is 0 Å². The second kappa shape index (κ2) is 6.22. The van der Waals surface area contributed by atoms with Gasteiger partial charge in [0.05, 0.1) is 30.0 Å². The van der Waals surface area contributed by atoms with Crippen molar-refractivity contribution in [3.8, 4) is 6.07 Å². The molecular weight excluding hydrogens is 286 g/mol. The molecule has 0 bridgehead atoms. The van der Waals surface area contributed by atoms with Crippen molar-refractivity contribution in [2.45, 2.75) is 0 Å². The quantitative estimate of drug-likeness (QED) is 0.696. The van der Waals surface area contributed by atoms with Crippen LogP contribution in [0.15, 0.2) is 30.0 Å². The molecular formula is C15H15N3O2S. The van der Waals surface area contributed by atoms with Gasteiger partial charge in [0.2, 0.25) is 0 Å². The summed E-state index contributed by atoms with van der Waals surface area (Å²) in [5.74, 6) is 0.0819. The van der Waals surface area contributed by atoms with Gasteiger partial charge >= 0.3 is 0 Å². The molecule has 0 radical (unpaired) electrons. The van der Waals surface area contributed by atoms with E-state index in [0.717, 1.165) is 23.3 Å². The van der Waals surface area contributed by atoms with E-state index in [1.165, 1.54) is 11.3 Å². The lowest BCUT2D eigenvalue weighted by molar-refractivity contribution is 0.0381. The summed E-state index contributed by atoms with van der Waals surface area (Å²) in [4.78, 5) is 6.51. The fourth-order valence-corrected chi connectivity index (χ4v) is 3.25. The van der Waals surface area contributed by atoms with Gasteiger partial charge in [-0.25, -0.2) is 4.98 Å². The molecule has 1 N–H and O–H groups in total. The molecule has 0 aliphatic carbocycles. The van der Waals surface area contributed by atoms with Crippen molar-refractivity contribution in [2.75, 3.05) is 32.8 Å². The predicted octanol–water partition coefficient (Wildman–Crippen LogP) is 2.42. The number of para-hydroxylation sites is 1. The van der Waals surface area contributed by atoms with Crippen LogP contribution in [-0.2, 0) is 4.74 Å². The summed E-state index contributed by atoms with van der Waals surface area (Å²) in [5, 5.41) is 20.2. The van der Waals surface area contributed by atoms with E-state index in [9.17, 15) is 10.4 Å². The summed E-state index contributed by atoms with van der Waals surface area (Å²) in [5.41, 5.74) is 1.12. The van der Waals surface area contributed by atoms with Crippen LogP contribution in [-0.4, -0.2) is 47.8 Å². The fourth-order valence-electron chi connectivity index (χ4n) is 2.27. The molecule has 0 saturated carbocycles. The number of thiazole rings is 1. The average molecular weight is 301 g/mol. The van der Waals surface area contributed by atoms with E-state index in [2.05, 4.69) is 16.0 Å². The minimum Gasteiger partial charge on any atom is -0.509 e. The predicted molar refractivity (Wildman–Crippen MR) is 82.0 cm³/mol. The van der Waals surface area contributed by atoms with Gasteiger partial charge in [-0.2, -0.15) is 5.26 Å². The molecule has 1 aliphatic heterocycles. The highest BCUT2D eigenvalue weighted by molar-refractivity contribution is 7.19. The van der Waals surface area contributed by atoms with E-state index in [0.29, 0.717) is 24.8 Å². The molecule has 5 nitrogen and oxygen atoms in total. The zero-order valence-electron chi connectivity index (χ0n) is 11.5. The van der Waals surface area contributed by atoms with Gasteiger partial charge in [-0.3, -0.25) is 4.90 Å². The van der Waals surface area contributed by atoms with Gasteiger partial charge in [-0.05, 0) is 12.1 Å². The Kier molecular flexibility index (Phi) is 4.15. The Balaban J connectivity index is 1.88. The van der Waals surface area contributed by atoms with Crippen molar-refractivity contribution in [1.82, 2.24) is 9.88 Å². The number of rotatable bonds is 3. The minimum atomic E-state index is 0.0819. The van der Waals surface area contributed by atoms with E-state index in [1.54, 1.807) is 0 Å². The number of allylic oxidation sites excluding steroid dienone is 1. The van der Waals surface area contributed by atoms with Crippen LogP contribution < -0.4 is 0 Å². The highest BCUT2D eigenvalue weighted by Gasteiger charge is 2.17. The van der Waals surface area contributed by atoms with E-state index >= 15 is 0 Å². The number of hydrogen-bond acceptors (Lipinski definition) is 6. The van der Waals surface area contributed by atoms with Crippen LogP contribution in [0.5, 0.6) is 0 Å². The van der Waals surface area contributed by atoms with Crippen LogP contribution in [0.25, 0.3) is 15.8 Å². The Labute approximate surface area is 126 Å². The summed E-state index contributed by atoms with van der Waals surface area (Å²) in [6.07, 6.45) is 0. The first-order valence-electron chi connectivity index (χ1n) is 6.76. The smallest absolute Gasteiger partial charge is 0.138 e. The number of morpholine rings is 1. The van der Waals surface area contributed by atoms with Crippen LogP contribution in [0.2, 0.25) is 0 Å². The Morgan fingerprint density at radius 3 is 2.86 bits per heavy atom. The minimum absolute atomic E-state index is 0.0819. The van der Waals surface area contributed by atoms with Gasteiger partial charge in [0.15, 0.2) is 0 Å². The molecule has 108 valence electrons. The summed E-state index contributed by atoms with van der Waals surface area (Å²) >= 11 is 1.43. The van der Waals surface area contributed by atoms with E-state index < -0.39 is 0 Å².